The van der Waals surface area contributed by atoms with Gasteiger partial charge >= 0.3 is 0 Å². The summed E-state index contributed by atoms with van der Waals surface area (Å²) in [5.41, 5.74) is 11.1. The molecule has 1 atom stereocenters. The van der Waals surface area contributed by atoms with E-state index in [4.69, 9.17) is 22.0 Å². The van der Waals surface area contributed by atoms with E-state index in [1.54, 1.807) is 4.68 Å². The monoisotopic (exact) mass is 559 g/mol. The first-order valence-corrected chi connectivity index (χ1v) is 12.2. The van der Waals surface area contributed by atoms with Gasteiger partial charge in [-0.25, -0.2) is 14.7 Å². The second-order valence-corrected chi connectivity index (χ2v) is 9.18. The van der Waals surface area contributed by atoms with Gasteiger partial charge in [0.15, 0.2) is 5.69 Å². The zero-order valence-corrected chi connectivity index (χ0v) is 22.4. The first-order valence-electron chi connectivity index (χ1n) is 11.8. The van der Waals surface area contributed by atoms with Crippen LogP contribution in [0.3, 0.4) is 0 Å². The van der Waals surface area contributed by atoms with Gasteiger partial charge in [-0.1, -0.05) is 41.4 Å². The van der Waals surface area contributed by atoms with E-state index in [-0.39, 0.29) is 29.7 Å². The molecule has 3 N–H and O–H groups in total. The number of aromatic nitrogens is 7. The number of hydrogen-bond donors (Lipinski definition) is 2. The van der Waals surface area contributed by atoms with E-state index in [1.807, 2.05) is 37.3 Å². The minimum absolute atomic E-state index is 0. The van der Waals surface area contributed by atoms with Crippen molar-refractivity contribution >= 4 is 41.9 Å². The van der Waals surface area contributed by atoms with Crippen LogP contribution in [0.2, 0.25) is 5.15 Å². The normalized spacial score (nSPS) is 16.0. The van der Waals surface area contributed by atoms with Crippen LogP contribution in [0.1, 0.15) is 53.6 Å². The maximum Gasteiger partial charge on any atom is 0.293 e. The summed E-state index contributed by atoms with van der Waals surface area (Å²) >= 11 is 6.55. The molecule has 1 aliphatic heterocycles. The number of likely N-dealkylation sites (tertiary alicyclic amines) is 1. The Hall–Kier alpha value is -3.81. The average Bonchev–Trinajstić information content (AvgIpc) is 3.59. The highest BCUT2D eigenvalue weighted by molar-refractivity contribution is 6.32. The van der Waals surface area contributed by atoms with Crippen LogP contribution < -0.4 is 11.2 Å². The molecule has 200 valence electrons. The molecule has 1 aliphatic rings. The number of rotatable bonds is 7. The van der Waals surface area contributed by atoms with Gasteiger partial charge in [-0.15, -0.1) is 17.5 Å². The Bertz CT molecular complexity index is 1430. The molecule has 1 unspecified atom stereocenters. The van der Waals surface area contributed by atoms with Crippen molar-refractivity contribution in [2.24, 2.45) is 5.10 Å². The molecular formula is C23H27Cl2N11O2. The van der Waals surface area contributed by atoms with Crippen LogP contribution >= 0.6 is 24.0 Å². The number of hydrogen-bond acceptors (Lipinski definition) is 10. The highest BCUT2D eigenvalue weighted by atomic mass is 35.5. The molecule has 3 aromatic heterocycles. The summed E-state index contributed by atoms with van der Waals surface area (Å²) in [7, 11) is 0. The minimum Gasteiger partial charge on any atom is -0.378 e. The number of benzene rings is 1. The number of amides is 1. The minimum atomic E-state index is -0.540. The Balaban J connectivity index is 0.00000336. The van der Waals surface area contributed by atoms with Crippen molar-refractivity contribution in [3.8, 4) is 11.5 Å². The fraction of sp³-hybridized carbons (Fsp3) is 0.348. The van der Waals surface area contributed by atoms with Gasteiger partial charge in [0.1, 0.15) is 5.15 Å². The molecule has 4 heterocycles. The number of nitrogen functional groups attached to an aromatic ring is 1. The van der Waals surface area contributed by atoms with E-state index in [0.717, 1.165) is 25.1 Å². The van der Waals surface area contributed by atoms with Crippen LogP contribution in [0.5, 0.6) is 0 Å². The van der Waals surface area contributed by atoms with E-state index in [2.05, 4.69) is 48.1 Å². The predicted molar refractivity (Wildman–Crippen MR) is 143 cm³/mol. The molecular weight excluding hydrogens is 533 g/mol. The number of aryl methyl sites for hydroxylation is 1. The molecule has 13 nitrogen and oxygen atoms in total. The molecule has 38 heavy (non-hydrogen) atoms. The number of hydrazone groups is 1. The highest BCUT2D eigenvalue weighted by Crippen LogP contribution is 2.24. The van der Waals surface area contributed by atoms with Crippen LogP contribution in [-0.4, -0.2) is 64.7 Å². The van der Waals surface area contributed by atoms with E-state index in [1.165, 1.54) is 17.3 Å². The van der Waals surface area contributed by atoms with Gasteiger partial charge in [0.2, 0.25) is 11.6 Å². The second-order valence-electron chi connectivity index (χ2n) is 8.82. The van der Waals surface area contributed by atoms with Gasteiger partial charge in [0, 0.05) is 12.6 Å². The maximum absolute atomic E-state index is 13.1. The summed E-state index contributed by atoms with van der Waals surface area (Å²) in [5, 5.41) is 24.6. The molecule has 0 bridgehead atoms. The van der Waals surface area contributed by atoms with E-state index < -0.39 is 5.91 Å². The summed E-state index contributed by atoms with van der Waals surface area (Å²) in [4.78, 5) is 15.4. The molecule has 1 aromatic carbocycles. The molecule has 1 fully saturated rings. The van der Waals surface area contributed by atoms with Crippen molar-refractivity contribution in [2.45, 2.75) is 45.7 Å². The maximum atomic E-state index is 13.1. The van der Waals surface area contributed by atoms with Gasteiger partial charge in [-0.3, -0.25) is 9.69 Å². The molecule has 1 saturated heterocycles. The Morgan fingerprint density at radius 2 is 2.05 bits per heavy atom. The number of halogens is 2. The topological polar surface area (TPSA) is 158 Å². The van der Waals surface area contributed by atoms with Crippen LogP contribution in [0, 0.1) is 6.92 Å². The highest BCUT2D eigenvalue weighted by Gasteiger charge is 2.28. The summed E-state index contributed by atoms with van der Waals surface area (Å²) in [6, 6.07) is 9.84. The van der Waals surface area contributed by atoms with Crippen LogP contribution in [-0.2, 0) is 6.54 Å². The lowest BCUT2D eigenvalue weighted by Gasteiger charge is -2.33. The molecule has 15 heteroatoms. The number of anilines is 1. The summed E-state index contributed by atoms with van der Waals surface area (Å²) < 4.78 is 7.73. The third-order valence-electron chi connectivity index (χ3n) is 6.38. The molecule has 0 spiro atoms. The molecule has 0 saturated carbocycles. The number of carbonyl (C=O) groups excluding carboxylic acids is 1. The second kappa shape index (κ2) is 11.7. The lowest BCUT2D eigenvalue weighted by atomic mass is 10.0. The number of nitrogens with two attached hydrogens (primary N) is 1. The lowest BCUT2D eigenvalue weighted by Crippen LogP contribution is -2.38. The Morgan fingerprint density at radius 1 is 1.26 bits per heavy atom. The van der Waals surface area contributed by atoms with Crippen molar-refractivity contribution < 1.29 is 9.42 Å². The van der Waals surface area contributed by atoms with Crippen molar-refractivity contribution in [2.75, 3.05) is 12.3 Å². The SMILES string of the molecule is Cc1nn(-c2ccccc2)c(Cl)c1/C=N\NC(=O)c1nnn(-c2nonc2N)c1CN1CCCCC1C.Cl. The summed E-state index contributed by atoms with van der Waals surface area (Å²) in [6.07, 6.45) is 4.76. The fourth-order valence-corrected chi connectivity index (χ4v) is 4.64. The first-order chi connectivity index (χ1) is 17.9. The molecule has 1 amide bonds. The molecule has 5 rings (SSSR count). The van der Waals surface area contributed by atoms with Gasteiger partial charge in [0.05, 0.1) is 28.9 Å². The van der Waals surface area contributed by atoms with E-state index in [9.17, 15) is 4.79 Å². The van der Waals surface area contributed by atoms with Crippen molar-refractivity contribution in [1.29, 1.82) is 0 Å². The van der Waals surface area contributed by atoms with Crippen molar-refractivity contribution in [3.63, 3.8) is 0 Å². The van der Waals surface area contributed by atoms with E-state index >= 15 is 0 Å². The van der Waals surface area contributed by atoms with Gasteiger partial charge in [0.25, 0.3) is 5.91 Å². The van der Waals surface area contributed by atoms with Crippen LogP contribution in [0.4, 0.5) is 5.82 Å². The van der Waals surface area contributed by atoms with Crippen LogP contribution in [0.25, 0.3) is 11.5 Å². The van der Waals surface area contributed by atoms with Gasteiger partial charge in [-0.2, -0.15) is 14.9 Å². The number of nitrogens with zero attached hydrogens (tertiary/aromatic N) is 9. The van der Waals surface area contributed by atoms with E-state index in [0.29, 0.717) is 34.7 Å². The zero-order chi connectivity index (χ0) is 25.9. The van der Waals surface area contributed by atoms with Crippen molar-refractivity contribution in [1.82, 2.24) is 45.4 Å². The predicted octanol–water partition coefficient (Wildman–Crippen LogP) is 2.94. The lowest BCUT2D eigenvalue weighted by molar-refractivity contribution is 0.0945. The molecule has 4 aromatic rings. The first kappa shape index (κ1) is 27.2. The Kier molecular flexibility index (Phi) is 8.39. The standard InChI is InChI=1S/C23H26ClN11O2.ClH/c1-14-8-6-7-11-33(14)13-18-19(27-32-35(18)22-21(25)30-37-31-22)23(36)28-26-12-17-15(2)29-34(20(17)24)16-9-4-3-5-10-16;/h3-5,9-10,12,14H,6-8,11,13H2,1-2H3,(H2,25,30)(H,28,36);1H/b26-12-;. The smallest absolute Gasteiger partial charge is 0.293 e. The number of piperidine rings is 1. The molecule has 0 radical (unpaired) electrons. The van der Waals surface area contributed by atoms with Crippen LogP contribution in [0.15, 0.2) is 40.1 Å². The summed E-state index contributed by atoms with van der Waals surface area (Å²) in [5.74, 6) is -0.324. The quantitative estimate of drug-likeness (QED) is 0.256. The van der Waals surface area contributed by atoms with Crippen molar-refractivity contribution in [3.05, 3.63) is 58.1 Å². The van der Waals surface area contributed by atoms with Gasteiger partial charge in [-0.05, 0) is 55.7 Å². The number of carbonyl (C=O) groups is 1. The third-order valence-corrected chi connectivity index (χ3v) is 6.74. The Morgan fingerprint density at radius 3 is 2.76 bits per heavy atom. The number of para-hydroxylation sites is 1. The fourth-order valence-electron chi connectivity index (χ4n) is 4.32. The third kappa shape index (κ3) is 5.39. The number of nitrogens with one attached hydrogen (secondary N) is 1. The molecule has 0 aliphatic carbocycles. The summed E-state index contributed by atoms with van der Waals surface area (Å²) in [6.45, 7) is 5.28. The Labute approximate surface area is 229 Å². The largest absolute Gasteiger partial charge is 0.378 e. The zero-order valence-electron chi connectivity index (χ0n) is 20.8. The van der Waals surface area contributed by atoms with Gasteiger partial charge < -0.3 is 5.73 Å². The average molecular weight is 560 g/mol.